The van der Waals surface area contributed by atoms with Crippen LogP contribution in [0.15, 0.2) is 152 Å². The third kappa shape index (κ3) is 28.4. The summed E-state index contributed by atoms with van der Waals surface area (Å²) in [4.78, 5) is 0. The molecule has 6 aromatic rings. The van der Waals surface area contributed by atoms with Gasteiger partial charge in [0, 0.05) is 13.0 Å². The van der Waals surface area contributed by atoms with Gasteiger partial charge in [0.05, 0.1) is 18.8 Å². The molecule has 0 radical (unpaired) electrons. The van der Waals surface area contributed by atoms with Crippen LogP contribution in [-0.2, 0) is 18.9 Å². The number of methoxy groups -OCH3 is 1. The van der Waals surface area contributed by atoms with Crippen LogP contribution in [0.4, 0.5) is 0 Å². The monoisotopic (exact) mass is 1360 g/mol. The lowest BCUT2D eigenvalue weighted by molar-refractivity contribution is -0.155. The fourth-order valence-electron chi connectivity index (χ4n) is 14.5. The van der Waals surface area contributed by atoms with Gasteiger partial charge in [-0.05, 0) is 243 Å². The molecule has 546 valence electrons. The maximum Gasteiger partial charge on any atom is 0.243 e. The van der Waals surface area contributed by atoms with E-state index in [0.29, 0.717) is 69.0 Å². The Morgan fingerprint density at radius 2 is 0.697 bits per heavy atom. The molecule has 0 heterocycles. The molecule has 6 aliphatic rings. The molecule has 0 saturated heterocycles. The molecule has 6 atom stereocenters. The van der Waals surface area contributed by atoms with E-state index in [0.717, 1.165) is 83.5 Å². The average Bonchev–Trinajstić information content (AvgIpc) is 0.768. The van der Waals surface area contributed by atoms with Crippen molar-refractivity contribution < 1.29 is 47.4 Å². The second-order valence-electron chi connectivity index (χ2n) is 29.6. The number of hydrogen-bond donors (Lipinski definition) is 0. The summed E-state index contributed by atoms with van der Waals surface area (Å²) in [5, 5.41) is 0. The first-order chi connectivity index (χ1) is 48.2. The number of benzene rings is 6. The maximum atomic E-state index is 6.20. The Labute approximate surface area is 600 Å². The third-order valence-electron chi connectivity index (χ3n) is 21.9. The minimum absolute atomic E-state index is 0.259. The Morgan fingerprint density at radius 1 is 0.354 bits per heavy atom. The molecular formula is C89H130O10. The summed E-state index contributed by atoms with van der Waals surface area (Å²) in [5.74, 6) is 13.1. The summed E-state index contributed by atoms with van der Waals surface area (Å²) in [7, 11) is 1.62. The standard InChI is InChI=1S/C21H30O2.C20H26O2.C19H30O2.C17H26O2.C12H18O2/c1-3-14(2)17-4-6-20(7-5-17)22-13-23-21-18-9-15-8-16(11-18)12-19(21)10-15;1-5-16(4)17-11-13-19(14-12-17)22-20(15(2)3)21-18-9-7-6-8-10-18;1-3-16(2)18-9-11-19(12-10-18)21-15-20-14-13-17-7-5-4-6-8-17;1-3-14(2)15-9-11-17(12-10-15)19-13-18-16-7-5-4-6-8-16;1-4-10(2)11-5-7-12(8-6-11)14-9-13-3/h4-7,14-16,18-19,21H,3,8-13H2,1-2H3;6-16,20H,5H2,1-4H3;9-12,16-17H,3-8,13-15H2,1-2H3;9-12,14,16H,3-8,13H2,1-2H3;5-8,10H,4,9H2,1-3H3. The van der Waals surface area contributed by atoms with Crippen molar-refractivity contribution in [2.24, 2.45) is 35.5 Å². The highest BCUT2D eigenvalue weighted by Crippen LogP contribution is 2.54. The second-order valence-corrected chi connectivity index (χ2v) is 29.6. The van der Waals surface area contributed by atoms with Crippen molar-refractivity contribution in [1.29, 1.82) is 0 Å². The van der Waals surface area contributed by atoms with Gasteiger partial charge in [0.25, 0.3) is 0 Å². The van der Waals surface area contributed by atoms with Gasteiger partial charge in [0.15, 0.2) is 27.2 Å². The molecule has 10 heteroatoms. The van der Waals surface area contributed by atoms with Gasteiger partial charge >= 0.3 is 0 Å². The van der Waals surface area contributed by atoms with Crippen LogP contribution in [0.3, 0.4) is 0 Å². The lowest BCUT2D eigenvalue weighted by atomic mass is 9.55. The van der Waals surface area contributed by atoms with E-state index >= 15 is 0 Å². The van der Waals surface area contributed by atoms with Gasteiger partial charge in [0.2, 0.25) is 6.29 Å². The molecule has 10 nitrogen and oxygen atoms in total. The van der Waals surface area contributed by atoms with Gasteiger partial charge in [-0.3, -0.25) is 0 Å². The fraction of sp³-hybridized carbons (Fsp3) is 0.596. The van der Waals surface area contributed by atoms with E-state index in [1.165, 1.54) is 150 Å². The fourth-order valence-corrected chi connectivity index (χ4v) is 14.5. The van der Waals surface area contributed by atoms with Crippen LogP contribution in [0.5, 0.6) is 34.5 Å². The van der Waals surface area contributed by atoms with Gasteiger partial charge < -0.3 is 47.4 Å². The molecule has 0 amide bonds. The minimum Gasteiger partial charge on any atom is -0.468 e. The van der Waals surface area contributed by atoms with Crippen LogP contribution in [0.1, 0.15) is 275 Å². The average molecular weight is 1360 g/mol. The highest BCUT2D eigenvalue weighted by atomic mass is 16.7. The lowest BCUT2D eigenvalue weighted by Crippen LogP contribution is -2.49. The summed E-state index contributed by atoms with van der Waals surface area (Å²) >= 11 is 0. The molecule has 99 heavy (non-hydrogen) atoms. The summed E-state index contributed by atoms with van der Waals surface area (Å²) < 4.78 is 56.8. The van der Waals surface area contributed by atoms with E-state index in [9.17, 15) is 0 Å². The quantitative estimate of drug-likeness (QED) is 0.0300. The van der Waals surface area contributed by atoms with Gasteiger partial charge in [0.1, 0.15) is 34.5 Å². The molecule has 4 bridgehead atoms. The highest BCUT2D eigenvalue weighted by molar-refractivity contribution is 5.33. The molecule has 6 unspecified atom stereocenters. The largest absolute Gasteiger partial charge is 0.468 e. The molecule has 6 fully saturated rings. The van der Waals surface area contributed by atoms with Crippen LogP contribution in [-0.4, -0.2) is 59.4 Å². The zero-order valence-corrected chi connectivity index (χ0v) is 63.5. The summed E-state index contributed by atoms with van der Waals surface area (Å²) in [5.41, 5.74) is 6.85. The second kappa shape index (κ2) is 45.0. The molecule has 12 rings (SSSR count). The van der Waals surface area contributed by atoms with Gasteiger partial charge in [-0.15, -0.1) is 0 Å². The summed E-state index contributed by atoms with van der Waals surface area (Å²) in [6.07, 6.45) is 28.1. The normalized spacial score (nSPS) is 20.4. The van der Waals surface area contributed by atoms with Gasteiger partial charge in [-0.2, -0.15) is 0 Å². The Hall–Kier alpha value is -6.04. The van der Waals surface area contributed by atoms with Crippen molar-refractivity contribution in [3.63, 3.8) is 0 Å². The number of rotatable bonds is 32. The number of para-hydroxylation sites is 1. The molecular weight excluding hydrogens is 1230 g/mol. The summed E-state index contributed by atoms with van der Waals surface area (Å²) in [6.45, 7) is 28.8. The van der Waals surface area contributed by atoms with Crippen LogP contribution in [0, 0.1) is 35.5 Å². The topological polar surface area (TPSA) is 92.3 Å². The Balaban J connectivity index is 0.000000176. The zero-order chi connectivity index (χ0) is 70.6. The molecule has 0 aliphatic heterocycles. The SMILES string of the molecule is CCC(C)c1ccc(OC(Oc2ccccc2)C(C)C)cc1.CCC(C)c1ccc(OCOC)cc1.CCC(C)c1ccc(OCOC2C3CC4CC(C3)CC2C4)cc1.CCC(C)c1ccc(OCOC2CCCCC2)cc1.CCC(C)c1ccc(OCOCCC2CCCCC2)cc1. The van der Waals surface area contributed by atoms with E-state index in [2.05, 4.69) is 156 Å². The van der Waals surface area contributed by atoms with Crippen molar-refractivity contribution in [3.05, 3.63) is 179 Å². The van der Waals surface area contributed by atoms with E-state index in [4.69, 9.17) is 47.4 Å². The van der Waals surface area contributed by atoms with Gasteiger partial charge in [-0.25, -0.2) is 0 Å². The molecule has 6 aromatic carbocycles. The minimum atomic E-state index is -0.295. The zero-order valence-electron chi connectivity index (χ0n) is 63.5. The lowest BCUT2D eigenvalue weighted by Gasteiger charge is -2.53. The highest BCUT2D eigenvalue weighted by Gasteiger charge is 2.49. The Kier molecular flexibility index (Phi) is 36.5. The molecule has 0 N–H and O–H groups in total. The first kappa shape index (κ1) is 80.3. The summed E-state index contributed by atoms with van der Waals surface area (Å²) in [6, 6.07) is 51.7. The first-order valence-corrected chi connectivity index (χ1v) is 38.9. The van der Waals surface area contributed by atoms with Crippen molar-refractivity contribution in [3.8, 4) is 34.5 Å². The molecule has 0 aromatic heterocycles. The van der Waals surface area contributed by atoms with Crippen LogP contribution in [0.2, 0.25) is 0 Å². The molecule has 6 saturated carbocycles. The van der Waals surface area contributed by atoms with E-state index < -0.39 is 0 Å². The predicted molar refractivity (Wildman–Crippen MR) is 408 cm³/mol. The smallest absolute Gasteiger partial charge is 0.243 e. The number of hydrogen-bond acceptors (Lipinski definition) is 10. The van der Waals surface area contributed by atoms with Crippen LogP contribution < -0.4 is 28.4 Å². The molecule has 0 spiro atoms. The Morgan fingerprint density at radius 3 is 1.07 bits per heavy atom. The molecule has 6 aliphatic carbocycles. The van der Waals surface area contributed by atoms with Crippen LogP contribution >= 0.6 is 0 Å². The van der Waals surface area contributed by atoms with Crippen molar-refractivity contribution >= 4 is 0 Å². The van der Waals surface area contributed by atoms with Crippen molar-refractivity contribution in [1.82, 2.24) is 0 Å². The Bertz CT molecular complexity index is 2960. The van der Waals surface area contributed by atoms with Gasteiger partial charge in [-0.1, -0.05) is 213 Å². The van der Waals surface area contributed by atoms with Crippen molar-refractivity contribution in [2.75, 3.05) is 40.9 Å². The van der Waals surface area contributed by atoms with E-state index in [1.807, 2.05) is 78.9 Å². The third-order valence-corrected chi connectivity index (χ3v) is 21.9. The van der Waals surface area contributed by atoms with E-state index in [1.54, 1.807) is 7.11 Å². The van der Waals surface area contributed by atoms with Crippen LogP contribution in [0.25, 0.3) is 0 Å². The predicted octanol–water partition coefficient (Wildman–Crippen LogP) is 24.6. The maximum absolute atomic E-state index is 6.20. The van der Waals surface area contributed by atoms with Crippen molar-refractivity contribution in [2.45, 2.75) is 266 Å². The first-order valence-electron chi connectivity index (χ1n) is 38.9. The van der Waals surface area contributed by atoms with E-state index in [-0.39, 0.29) is 12.2 Å². The number of ether oxygens (including phenoxy) is 10.